The van der Waals surface area contributed by atoms with Crippen LogP contribution in [-0.2, 0) is 0 Å². The third kappa shape index (κ3) is 4.53. The zero-order chi connectivity index (χ0) is 32.3. The topological polar surface area (TPSA) is 51.0 Å². The summed E-state index contributed by atoms with van der Waals surface area (Å²) in [5, 5.41) is 6.56. The molecule has 0 fully saturated rings. The molecule has 0 bridgehead atoms. The SMILES string of the molecule is C1=C(c2ccc3ccccc3c2)N=C(c2ccc(-c3cccc4oc5ccccc5c34)c3oc4ccccc4c23)N=C(c2ccccc2)C1. The summed E-state index contributed by atoms with van der Waals surface area (Å²) in [7, 11) is 0. The van der Waals surface area contributed by atoms with Crippen LogP contribution in [0.15, 0.2) is 177 Å². The van der Waals surface area contributed by atoms with E-state index in [2.05, 4.69) is 121 Å². The highest BCUT2D eigenvalue weighted by Gasteiger charge is 2.23. The lowest BCUT2D eigenvalue weighted by atomic mass is 9.95. The van der Waals surface area contributed by atoms with Gasteiger partial charge in [0.1, 0.15) is 22.3 Å². The molecular weight excluding hydrogens is 601 g/mol. The van der Waals surface area contributed by atoms with Gasteiger partial charge in [0, 0.05) is 44.7 Å². The molecule has 0 saturated carbocycles. The van der Waals surface area contributed by atoms with Gasteiger partial charge in [-0.05, 0) is 58.3 Å². The molecule has 230 valence electrons. The maximum atomic E-state index is 6.76. The fourth-order valence-corrected chi connectivity index (χ4v) is 7.24. The predicted molar refractivity (Wildman–Crippen MR) is 202 cm³/mol. The van der Waals surface area contributed by atoms with Crippen LogP contribution in [0.1, 0.15) is 23.1 Å². The van der Waals surface area contributed by atoms with E-state index in [1.54, 1.807) is 0 Å². The summed E-state index contributed by atoms with van der Waals surface area (Å²) in [4.78, 5) is 10.7. The summed E-state index contributed by atoms with van der Waals surface area (Å²) >= 11 is 0. The number of rotatable bonds is 4. The van der Waals surface area contributed by atoms with Crippen molar-refractivity contribution in [3.8, 4) is 11.1 Å². The molecule has 1 aliphatic heterocycles. The van der Waals surface area contributed by atoms with Gasteiger partial charge in [0.15, 0.2) is 5.84 Å². The van der Waals surface area contributed by atoms with Crippen molar-refractivity contribution >= 4 is 71.9 Å². The zero-order valence-corrected chi connectivity index (χ0v) is 26.4. The first-order chi connectivity index (χ1) is 24.3. The van der Waals surface area contributed by atoms with Crippen molar-refractivity contribution in [1.29, 1.82) is 0 Å². The maximum Gasteiger partial charge on any atom is 0.160 e. The van der Waals surface area contributed by atoms with E-state index >= 15 is 0 Å². The smallest absolute Gasteiger partial charge is 0.160 e. The maximum absolute atomic E-state index is 6.76. The zero-order valence-electron chi connectivity index (χ0n) is 26.4. The van der Waals surface area contributed by atoms with Gasteiger partial charge in [0.25, 0.3) is 0 Å². The van der Waals surface area contributed by atoms with Gasteiger partial charge in [0.2, 0.25) is 0 Å². The van der Waals surface area contributed by atoms with Gasteiger partial charge in [-0.1, -0.05) is 121 Å². The largest absolute Gasteiger partial charge is 0.456 e. The van der Waals surface area contributed by atoms with Crippen molar-refractivity contribution in [3.05, 3.63) is 174 Å². The Kier molecular flexibility index (Phi) is 6.21. The normalized spacial score (nSPS) is 13.6. The summed E-state index contributed by atoms with van der Waals surface area (Å²) in [6.45, 7) is 0. The molecule has 0 atom stereocenters. The molecule has 0 spiro atoms. The number of nitrogens with zero attached hydrogens (tertiary/aromatic N) is 2. The highest BCUT2D eigenvalue weighted by molar-refractivity contribution is 6.25. The number of amidine groups is 1. The number of hydrogen-bond donors (Lipinski definition) is 0. The van der Waals surface area contributed by atoms with Crippen molar-refractivity contribution < 1.29 is 8.83 Å². The van der Waals surface area contributed by atoms with Crippen LogP contribution in [0.4, 0.5) is 0 Å². The van der Waals surface area contributed by atoms with E-state index in [-0.39, 0.29) is 0 Å². The summed E-state index contributed by atoms with van der Waals surface area (Å²) in [5.74, 6) is 0.658. The van der Waals surface area contributed by atoms with Crippen LogP contribution in [0.5, 0.6) is 0 Å². The lowest BCUT2D eigenvalue weighted by Crippen LogP contribution is -2.05. The van der Waals surface area contributed by atoms with E-state index in [4.69, 9.17) is 18.8 Å². The minimum atomic E-state index is 0.655. The van der Waals surface area contributed by atoms with Gasteiger partial charge in [-0.2, -0.15) is 0 Å². The minimum Gasteiger partial charge on any atom is -0.456 e. The molecule has 0 amide bonds. The van der Waals surface area contributed by atoms with E-state index in [0.717, 1.165) is 83.1 Å². The monoisotopic (exact) mass is 628 g/mol. The van der Waals surface area contributed by atoms with E-state index in [1.165, 1.54) is 10.8 Å². The molecule has 10 rings (SSSR count). The molecule has 49 heavy (non-hydrogen) atoms. The van der Waals surface area contributed by atoms with Crippen LogP contribution in [0.3, 0.4) is 0 Å². The molecule has 4 heteroatoms. The first-order valence-electron chi connectivity index (χ1n) is 16.5. The van der Waals surface area contributed by atoms with E-state index in [0.29, 0.717) is 12.3 Å². The average molecular weight is 629 g/mol. The summed E-state index contributed by atoms with van der Waals surface area (Å²) < 4.78 is 13.0. The Morgan fingerprint density at radius 1 is 0.449 bits per heavy atom. The van der Waals surface area contributed by atoms with Crippen molar-refractivity contribution in [3.63, 3.8) is 0 Å². The molecular formula is C45H28N2O2. The Morgan fingerprint density at radius 3 is 2.00 bits per heavy atom. The summed E-state index contributed by atoms with van der Waals surface area (Å²) in [6.07, 6.45) is 2.86. The molecule has 0 aliphatic carbocycles. The second kappa shape index (κ2) is 11.0. The van der Waals surface area contributed by atoms with Crippen LogP contribution in [0.2, 0.25) is 0 Å². The Balaban J connectivity index is 1.24. The average Bonchev–Trinajstić information content (AvgIpc) is 3.66. The molecule has 0 saturated heterocycles. The van der Waals surface area contributed by atoms with Gasteiger partial charge >= 0.3 is 0 Å². The third-order valence-electron chi connectivity index (χ3n) is 9.57. The molecule has 9 aromatic rings. The second-order valence-corrected chi connectivity index (χ2v) is 12.5. The molecule has 7 aromatic carbocycles. The second-order valence-electron chi connectivity index (χ2n) is 12.5. The third-order valence-corrected chi connectivity index (χ3v) is 9.57. The quantitative estimate of drug-likeness (QED) is 0.195. The highest BCUT2D eigenvalue weighted by Crippen LogP contribution is 2.43. The van der Waals surface area contributed by atoms with Crippen molar-refractivity contribution in [1.82, 2.24) is 0 Å². The summed E-state index contributed by atoms with van der Waals surface area (Å²) in [5.41, 5.74) is 10.3. The van der Waals surface area contributed by atoms with Crippen molar-refractivity contribution in [2.75, 3.05) is 0 Å². The lowest BCUT2D eigenvalue weighted by Gasteiger charge is -2.11. The Hall–Kier alpha value is -6.52. The van der Waals surface area contributed by atoms with Gasteiger partial charge in [-0.15, -0.1) is 0 Å². The Labute approximate surface area is 282 Å². The number of fused-ring (bicyclic) bond motifs is 7. The van der Waals surface area contributed by atoms with Gasteiger partial charge in [-0.25, -0.2) is 9.98 Å². The van der Waals surface area contributed by atoms with Gasteiger partial charge < -0.3 is 8.83 Å². The Morgan fingerprint density at radius 2 is 1.14 bits per heavy atom. The van der Waals surface area contributed by atoms with Crippen LogP contribution in [-0.4, -0.2) is 11.5 Å². The fraction of sp³-hybridized carbons (Fsp3) is 0.0222. The lowest BCUT2D eigenvalue weighted by molar-refractivity contribution is 0.668. The molecule has 0 radical (unpaired) electrons. The van der Waals surface area contributed by atoms with E-state index in [9.17, 15) is 0 Å². The molecule has 4 nitrogen and oxygen atoms in total. The first-order valence-corrected chi connectivity index (χ1v) is 16.5. The molecule has 0 N–H and O–H groups in total. The number of para-hydroxylation sites is 2. The van der Waals surface area contributed by atoms with Crippen LogP contribution in [0.25, 0.3) is 71.5 Å². The van der Waals surface area contributed by atoms with Crippen LogP contribution >= 0.6 is 0 Å². The van der Waals surface area contributed by atoms with Crippen LogP contribution < -0.4 is 0 Å². The first kappa shape index (κ1) is 27.6. The number of furan rings is 2. The van der Waals surface area contributed by atoms with Crippen molar-refractivity contribution in [2.24, 2.45) is 9.98 Å². The number of aliphatic imine (C=N–C) groups is 2. The minimum absolute atomic E-state index is 0.655. The molecule has 0 unspecified atom stereocenters. The number of benzene rings is 7. The summed E-state index contributed by atoms with van der Waals surface area (Å²) in [6, 6.07) is 52.4. The molecule has 3 heterocycles. The fourth-order valence-electron chi connectivity index (χ4n) is 7.24. The number of hydrogen-bond acceptors (Lipinski definition) is 4. The molecule has 1 aliphatic rings. The molecule has 2 aromatic heterocycles. The number of allylic oxidation sites excluding steroid dienone is 1. The van der Waals surface area contributed by atoms with E-state index in [1.807, 2.05) is 36.4 Å². The van der Waals surface area contributed by atoms with Crippen LogP contribution in [0, 0.1) is 0 Å². The van der Waals surface area contributed by atoms with Gasteiger partial charge in [0.05, 0.1) is 11.4 Å². The standard InChI is InChI=1S/C45H28N2O2/c1-2-12-29(13-3-1)37-25-26-38(31-22-21-28-11-4-5-14-30(28)27-31)47-45(46-37)36-24-23-33(44-43(36)35-16-7-9-19-40(35)49-44)32-17-10-20-41-42(32)34-15-6-8-18-39(34)48-41/h1-24,26-27H,25H2. The predicted octanol–water partition coefficient (Wildman–Crippen LogP) is 12.0. The van der Waals surface area contributed by atoms with Crippen molar-refractivity contribution in [2.45, 2.75) is 6.42 Å². The Bertz CT molecular complexity index is 2850. The van der Waals surface area contributed by atoms with Gasteiger partial charge in [-0.3, -0.25) is 0 Å². The highest BCUT2D eigenvalue weighted by atomic mass is 16.3. The van der Waals surface area contributed by atoms with E-state index < -0.39 is 0 Å².